The van der Waals surface area contributed by atoms with Gasteiger partial charge in [0.25, 0.3) is 0 Å². The van der Waals surface area contributed by atoms with E-state index in [-0.39, 0.29) is 73.3 Å². The van der Waals surface area contributed by atoms with Crippen LogP contribution in [0.3, 0.4) is 0 Å². The first kappa shape index (κ1) is 35.3. The maximum absolute atomic E-state index is 14.4. The van der Waals surface area contributed by atoms with Crippen LogP contribution < -0.4 is 21.7 Å². The molecule has 3 fully saturated rings. The van der Waals surface area contributed by atoms with Crippen molar-refractivity contribution in [3.8, 4) is 0 Å². The van der Waals surface area contributed by atoms with Crippen LogP contribution >= 0.6 is 20.7 Å². The number of allylic oxidation sites excluding steroid dienone is 2. The summed E-state index contributed by atoms with van der Waals surface area (Å²) in [5, 5.41) is 8.98. The van der Waals surface area contributed by atoms with Crippen LogP contribution in [0.4, 0.5) is 9.59 Å². The average molecular weight is 766 g/mol. The fourth-order valence-corrected chi connectivity index (χ4v) is 9.93. The lowest BCUT2D eigenvalue weighted by atomic mass is 9.75. The van der Waals surface area contributed by atoms with Crippen molar-refractivity contribution >= 4 is 53.9 Å². The summed E-state index contributed by atoms with van der Waals surface area (Å²) in [5.74, 6) is -0.750. The van der Waals surface area contributed by atoms with Crippen molar-refractivity contribution in [2.75, 3.05) is 37.7 Å². The zero-order valence-electron chi connectivity index (χ0n) is 28.8. The Morgan fingerprint density at radius 2 is 1.79 bits per heavy atom. The molecule has 0 aromatic carbocycles. The van der Waals surface area contributed by atoms with Crippen molar-refractivity contribution in [3.63, 3.8) is 0 Å². The Morgan fingerprint density at radius 1 is 1.06 bits per heavy atom. The molecule has 0 radical (unpaired) electrons. The zero-order valence-corrected chi connectivity index (χ0v) is 31.0. The van der Waals surface area contributed by atoms with Crippen molar-refractivity contribution in [2.45, 2.75) is 91.4 Å². The first-order valence-corrected chi connectivity index (χ1v) is 19.4. The van der Waals surface area contributed by atoms with Gasteiger partial charge in [0.2, 0.25) is 17.6 Å². The predicted octanol–water partition coefficient (Wildman–Crippen LogP) is 2.49. The Kier molecular flexibility index (Phi) is 10.2. The van der Waals surface area contributed by atoms with Gasteiger partial charge in [0, 0.05) is 49.5 Å². The summed E-state index contributed by atoms with van der Waals surface area (Å²) >= 11 is -0.213. The van der Waals surface area contributed by atoms with E-state index in [0.29, 0.717) is 32.6 Å². The van der Waals surface area contributed by atoms with Gasteiger partial charge in [0.05, 0.1) is 17.8 Å². The molecule has 2 saturated heterocycles. The van der Waals surface area contributed by atoms with Crippen molar-refractivity contribution in [2.24, 2.45) is 28.4 Å². The van der Waals surface area contributed by atoms with Gasteiger partial charge in [-0.05, 0) is 45.6 Å². The number of hydrogen-bond donors (Lipinski definition) is 4. The Hall–Kier alpha value is -2.97. The molecule has 5 aliphatic rings. The maximum atomic E-state index is 14.4. The van der Waals surface area contributed by atoms with Gasteiger partial charge in [-0.25, -0.2) is 9.59 Å². The second-order valence-electron chi connectivity index (χ2n) is 15.8. The monoisotopic (exact) mass is 765 g/mol. The molecule has 2 aliphatic carbocycles. The van der Waals surface area contributed by atoms with Gasteiger partial charge >= 0.3 is 12.1 Å². The van der Waals surface area contributed by atoms with Gasteiger partial charge in [0.15, 0.2) is 0 Å². The van der Waals surface area contributed by atoms with Crippen LogP contribution in [-0.4, -0.2) is 110 Å². The number of urea groups is 2. The Bertz CT molecular complexity index is 1410. The molecular weight excluding hydrogens is 713 g/mol. The molecule has 0 aromatic rings. The number of alkyl halides is 1. The largest absolute Gasteiger partial charge is 0.396 e. The number of rotatable bonds is 7. The first-order valence-electron chi connectivity index (χ1n) is 16.8. The smallest absolute Gasteiger partial charge is 0.319 e. The van der Waals surface area contributed by atoms with Gasteiger partial charge in [-0.1, -0.05) is 53.7 Å². The third-order valence-electron chi connectivity index (χ3n) is 10.2. The molecule has 0 aromatic heterocycles. The van der Waals surface area contributed by atoms with E-state index in [0.717, 1.165) is 29.3 Å². The number of hydrogen-bond acceptors (Lipinski definition) is 6. The summed E-state index contributed by atoms with van der Waals surface area (Å²) in [7, 11) is 1.78. The number of likely N-dealkylation sites (tertiary alicyclic amines) is 1. The SMILES string of the molecule is CN1CCCN(C[C@@H](NC(=O)N[C@H](C(=O)N2CC3=ICC3[C@H]2C(=O)NC2CC=CC3CCC3=C(N)C2=O)C(C)(C)C)C(C)(C)C)C1=O. The number of halogens is 1. The number of fused-ring (bicyclic) bond motifs is 2. The Morgan fingerprint density at radius 3 is 2.38 bits per heavy atom. The Balaban J connectivity index is 1.30. The minimum Gasteiger partial charge on any atom is -0.396 e. The van der Waals surface area contributed by atoms with Crippen molar-refractivity contribution in [1.82, 2.24) is 30.7 Å². The molecule has 5 N–H and O–H groups in total. The fraction of sp³-hybridized carbons (Fsp3) is 0.706. The molecule has 47 heavy (non-hydrogen) atoms. The summed E-state index contributed by atoms with van der Waals surface area (Å²) in [5.41, 5.74) is 6.43. The summed E-state index contributed by atoms with van der Waals surface area (Å²) in [6, 6.07) is -3.37. The summed E-state index contributed by atoms with van der Waals surface area (Å²) in [4.78, 5) is 73.1. The van der Waals surface area contributed by atoms with Gasteiger partial charge in [-0.15, -0.1) is 20.7 Å². The highest BCUT2D eigenvalue weighted by Crippen LogP contribution is 2.40. The van der Waals surface area contributed by atoms with Gasteiger partial charge in [-0.2, -0.15) is 0 Å². The number of carbonyl (C=O) groups excluding carboxylic acids is 5. The molecule has 13 heteroatoms. The van der Waals surface area contributed by atoms with Crippen LogP contribution in [0.25, 0.3) is 0 Å². The summed E-state index contributed by atoms with van der Waals surface area (Å²) < 4.78 is 2.15. The number of carbonyl (C=O) groups is 5. The second-order valence-corrected chi connectivity index (χ2v) is 18.8. The van der Waals surface area contributed by atoms with Crippen LogP contribution in [0.5, 0.6) is 0 Å². The normalized spacial score (nSPS) is 27.6. The molecule has 3 heterocycles. The van der Waals surface area contributed by atoms with E-state index in [2.05, 4.69) is 22.0 Å². The number of nitrogens with one attached hydrogen (secondary N) is 3. The van der Waals surface area contributed by atoms with Crippen molar-refractivity contribution in [3.05, 3.63) is 23.4 Å². The fourth-order valence-electron chi connectivity index (χ4n) is 6.93. The lowest BCUT2D eigenvalue weighted by molar-refractivity contribution is -0.143. The van der Waals surface area contributed by atoms with Crippen LogP contribution in [0, 0.1) is 22.7 Å². The Labute approximate surface area is 288 Å². The van der Waals surface area contributed by atoms with E-state index in [4.69, 9.17) is 5.73 Å². The highest BCUT2D eigenvalue weighted by molar-refractivity contribution is 14.2. The van der Waals surface area contributed by atoms with Crippen molar-refractivity contribution < 1.29 is 24.0 Å². The predicted molar refractivity (Wildman–Crippen MR) is 190 cm³/mol. The minimum absolute atomic E-state index is 0.0300. The number of ketones is 1. The summed E-state index contributed by atoms with van der Waals surface area (Å²) in [6.45, 7) is 13.8. The molecular formula is C34H52IN7O5. The molecule has 260 valence electrons. The zero-order chi connectivity index (χ0) is 34.4. The van der Waals surface area contributed by atoms with E-state index in [1.54, 1.807) is 21.7 Å². The highest BCUT2D eigenvalue weighted by atomic mass is 127. The lowest BCUT2D eigenvalue weighted by Gasteiger charge is -2.40. The second kappa shape index (κ2) is 13.5. The van der Waals surface area contributed by atoms with Gasteiger partial charge < -0.3 is 36.4 Å². The molecule has 1 saturated carbocycles. The molecule has 3 unspecified atom stereocenters. The quantitative estimate of drug-likeness (QED) is 0.177. The molecule has 0 bridgehead atoms. The van der Waals surface area contributed by atoms with Gasteiger partial charge in [0.1, 0.15) is 12.1 Å². The van der Waals surface area contributed by atoms with Crippen LogP contribution in [0.1, 0.15) is 67.2 Å². The lowest BCUT2D eigenvalue weighted by Crippen LogP contribution is -2.62. The van der Waals surface area contributed by atoms with Crippen molar-refractivity contribution in [1.29, 1.82) is 0 Å². The minimum atomic E-state index is -0.917. The summed E-state index contributed by atoms with van der Waals surface area (Å²) in [6.07, 6.45) is 7.00. The standard InChI is InChI=1S/C34H52IN7O5/c1-33(2,3)24(18-41-15-9-14-40(7)32(41)47)38-31(46)39-28(34(4,5)6)30(45)42-17-22-21(16-35-22)26(42)29(44)37-23-11-8-10-19-12-13-20(19)25(36)27(23)43/h8,10,19,21,23-24,26,28H,9,11-18,36H2,1-7H3,(H,37,44)(H2,38,39,46)/t19?,21?,23?,24-,26+,28-/m1/s1. The third-order valence-corrected chi connectivity index (χ3v) is 13.7. The van der Waals surface area contributed by atoms with Crippen LogP contribution in [-0.2, 0) is 14.4 Å². The number of amides is 6. The highest BCUT2D eigenvalue weighted by Gasteiger charge is 2.51. The van der Waals surface area contributed by atoms with E-state index in [1.807, 2.05) is 47.6 Å². The van der Waals surface area contributed by atoms with Crippen LogP contribution in [0.15, 0.2) is 23.4 Å². The first-order chi connectivity index (χ1) is 22.0. The van der Waals surface area contributed by atoms with E-state index in [1.165, 1.54) is 3.51 Å². The van der Waals surface area contributed by atoms with E-state index >= 15 is 0 Å². The maximum Gasteiger partial charge on any atom is 0.319 e. The molecule has 0 spiro atoms. The number of nitrogens with zero attached hydrogens (tertiary/aromatic N) is 3. The van der Waals surface area contributed by atoms with Crippen LogP contribution in [0.2, 0.25) is 0 Å². The number of nitrogens with two attached hydrogens (primary N) is 1. The number of Topliss-reactive ketones (excluding diaryl/α,β-unsaturated/α-hetero) is 1. The molecule has 6 amide bonds. The third kappa shape index (κ3) is 7.39. The topological polar surface area (TPSA) is 157 Å². The molecule has 5 rings (SSSR count). The molecule has 3 aliphatic heterocycles. The van der Waals surface area contributed by atoms with Gasteiger partial charge in [-0.3, -0.25) is 14.4 Å². The molecule has 12 nitrogen and oxygen atoms in total. The van der Waals surface area contributed by atoms with E-state index in [9.17, 15) is 24.0 Å². The van der Waals surface area contributed by atoms with E-state index < -0.39 is 29.6 Å². The average Bonchev–Trinajstić information content (AvgIpc) is 3.21. The molecule has 6 atom stereocenters.